The number of carbonyl (C=O) groups excluding carboxylic acids is 1. The number of nitrogens with two attached hydrogens (primary N) is 1. The minimum atomic E-state index is -0.441. The van der Waals surface area contributed by atoms with Gasteiger partial charge in [-0.05, 0) is 41.5 Å². The highest BCUT2D eigenvalue weighted by molar-refractivity contribution is 7.80. The highest BCUT2D eigenvalue weighted by Gasteiger charge is 2.20. The summed E-state index contributed by atoms with van der Waals surface area (Å²) >= 11 is 5.39. The molecule has 2 heterocycles. The molecule has 0 radical (unpaired) electrons. The van der Waals surface area contributed by atoms with Gasteiger partial charge in [0.15, 0.2) is 5.11 Å². The SMILES string of the molecule is NC(=O)c1ccc2c(c1)NC(=S)N(Cc1cccnc1)C2. The van der Waals surface area contributed by atoms with E-state index in [0.717, 1.165) is 16.8 Å². The fraction of sp³-hybridized carbons (Fsp3) is 0.133. The van der Waals surface area contributed by atoms with Crippen molar-refractivity contribution in [3.8, 4) is 0 Å². The number of primary amides is 1. The third-order valence-corrected chi connectivity index (χ3v) is 3.74. The number of anilines is 1. The Morgan fingerprint density at radius 2 is 2.29 bits per heavy atom. The van der Waals surface area contributed by atoms with Crippen LogP contribution in [0.25, 0.3) is 0 Å². The molecular formula is C15H14N4OS. The Labute approximate surface area is 127 Å². The maximum absolute atomic E-state index is 11.2. The van der Waals surface area contributed by atoms with E-state index in [1.807, 2.05) is 24.4 Å². The van der Waals surface area contributed by atoms with E-state index in [2.05, 4.69) is 15.2 Å². The van der Waals surface area contributed by atoms with Crippen LogP contribution in [0.15, 0.2) is 42.7 Å². The summed E-state index contributed by atoms with van der Waals surface area (Å²) in [4.78, 5) is 17.4. The Morgan fingerprint density at radius 3 is 3.00 bits per heavy atom. The van der Waals surface area contributed by atoms with E-state index in [1.54, 1.807) is 18.3 Å². The first-order valence-electron chi connectivity index (χ1n) is 6.51. The summed E-state index contributed by atoms with van der Waals surface area (Å²) in [5.74, 6) is -0.441. The van der Waals surface area contributed by atoms with Crippen LogP contribution >= 0.6 is 12.2 Å². The first kappa shape index (κ1) is 13.5. The molecule has 0 saturated carbocycles. The van der Waals surface area contributed by atoms with Crippen molar-refractivity contribution < 1.29 is 4.79 Å². The van der Waals surface area contributed by atoms with E-state index in [4.69, 9.17) is 18.0 Å². The Bertz CT molecular complexity index is 702. The molecule has 3 N–H and O–H groups in total. The zero-order chi connectivity index (χ0) is 14.8. The maximum atomic E-state index is 11.2. The zero-order valence-electron chi connectivity index (χ0n) is 11.2. The molecule has 21 heavy (non-hydrogen) atoms. The molecule has 2 aromatic rings. The molecule has 6 heteroatoms. The lowest BCUT2D eigenvalue weighted by Crippen LogP contribution is -2.38. The van der Waals surface area contributed by atoms with Gasteiger partial charge in [0.2, 0.25) is 5.91 Å². The number of pyridine rings is 1. The Balaban J connectivity index is 1.82. The van der Waals surface area contributed by atoms with Crippen molar-refractivity contribution in [3.05, 3.63) is 59.4 Å². The highest BCUT2D eigenvalue weighted by atomic mass is 32.1. The van der Waals surface area contributed by atoms with E-state index in [1.165, 1.54) is 0 Å². The summed E-state index contributed by atoms with van der Waals surface area (Å²) in [6.07, 6.45) is 3.57. The summed E-state index contributed by atoms with van der Waals surface area (Å²) in [5, 5.41) is 3.79. The molecule has 106 valence electrons. The monoisotopic (exact) mass is 298 g/mol. The second-order valence-electron chi connectivity index (χ2n) is 4.88. The number of nitrogens with one attached hydrogen (secondary N) is 1. The first-order valence-corrected chi connectivity index (χ1v) is 6.92. The molecule has 0 fully saturated rings. The number of aromatic nitrogens is 1. The van der Waals surface area contributed by atoms with Crippen LogP contribution in [-0.4, -0.2) is 20.9 Å². The molecule has 3 rings (SSSR count). The van der Waals surface area contributed by atoms with Crippen LogP contribution in [0.5, 0.6) is 0 Å². The van der Waals surface area contributed by atoms with Gasteiger partial charge in [-0.25, -0.2) is 0 Å². The summed E-state index contributed by atoms with van der Waals surface area (Å²) in [6, 6.07) is 9.30. The molecule has 1 aromatic heterocycles. The van der Waals surface area contributed by atoms with Gasteiger partial charge in [0.05, 0.1) is 0 Å². The molecule has 0 unspecified atom stereocenters. The zero-order valence-corrected chi connectivity index (χ0v) is 12.1. The van der Waals surface area contributed by atoms with E-state index >= 15 is 0 Å². The van der Waals surface area contributed by atoms with Gasteiger partial charge >= 0.3 is 0 Å². The Morgan fingerprint density at radius 1 is 1.43 bits per heavy atom. The molecule has 5 nitrogen and oxygen atoms in total. The molecule has 1 aliphatic rings. The topological polar surface area (TPSA) is 71.2 Å². The maximum Gasteiger partial charge on any atom is 0.248 e. The van der Waals surface area contributed by atoms with Gasteiger partial charge in [0.1, 0.15) is 0 Å². The first-order chi connectivity index (χ1) is 10.1. The summed E-state index contributed by atoms with van der Waals surface area (Å²) in [6.45, 7) is 1.38. The van der Waals surface area contributed by atoms with Crippen molar-refractivity contribution >= 4 is 28.9 Å². The molecule has 0 aliphatic carbocycles. The van der Waals surface area contributed by atoms with Crippen LogP contribution < -0.4 is 11.1 Å². The average Bonchev–Trinajstić information content (AvgIpc) is 2.48. The largest absolute Gasteiger partial charge is 0.366 e. The van der Waals surface area contributed by atoms with Crippen molar-refractivity contribution in [1.29, 1.82) is 0 Å². The minimum absolute atomic E-state index is 0.441. The van der Waals surface area contributed by atoms with Crippen LogP contribution in [0.4, 0.5) is 5.69 Å². The number of hydrogen-bond donors (Lipinski definition) is 2. The van der Waals surface area contributed by atoms with Crippen LogP contribution in [0, 0.1) is 0 Å². The number of amides is 1. The van der Waals surface area contributed by atoms with Gasteiger partial charge in [0, 0.05) is 36.7 Å². The van der Waals surface area contributed by atoms with Gasteiger partial charge in [-0.2, -0.15) is 0 Å². The third-order valence-electron chi connectivity index (χ3n) is 3.38. The molecule has 0 saturated heterocycles. The molecule has 0 bridgehead atoms. The molecule has 0 spiro atoms. The predicted octanol–water partition coefficient (Wildman–Crippen LogP) is 1.89. The summed E-state index contributed by atoms with van der Waals surface area (Å²) in [5.41, 5.74) is 8.79. The molecule has 1 aromatic carbocycles. The molecule has 1 aliphatic heterocycles. The fourth-order valence-corrected chi connectivity index (χ4v) is 2.53. The average molecular weight is 298 g/mol. The van der Waals surface area contributed by atoms with Crippen LogP contribution in [0.2, 0.25) is 0 Å². The number of thiocarbonyl (C=S) groups is 1. The lowest BCUT2D eigenvalue weighted by Gasteiger charge is -2.32. The van der Waals surface area contributed by atoms with Gasteiger partial charge in [0.25, 0.3) is 0 Å². The Hall–Kier alpha value is -2.47. The fourth-order valence-electron chi connectivity index (χ4n) is 2.30. The summed E-state index contributed by atoms with van der Waals surface area (Å²) in [7, 11) is 0. The van der Waals surface area contributed by atoms with Crippen molar-refractivity contribution in [2.75, 3.05) is 5.32 Å². The van der Waals surface area contributed by atoms with Crippen molar-refractivity contribution in [2.45, 2.75) is 13.1 Å². The number of fused-ring (bicyclic) bond motifs is 1. The Kier molecular flexibility index (Phi) is 3.53. The van der Waals surface area contributed by atoms with Crippen LogP contribution in [0.1, 0.15) is 21.5 Å². The van der Waals surface area contributed by atoms with Gasteiger partial charge in [-0.3, -0.25) is 9.78 Å². The lowest BCUT2D eigenvalue weighted by molar-refractivity contribution is 0.100. The second kappa shape index (κ2) is 5.49. The normalized spacial score (nSPS) is 13.5. The van der Waals surface area contributed by atoms with E-state index in [9.17, 15) is 4.79 Å². The van der Waals surface area contributed by atoms with Gasteiger partial charge in [-0.15, -0.1) is 0 Å². The summed E-state index contributed by atoms with van der Waals surface area (Å²) < 4.78 is 0. The van der Waals surface area contributed by atoms with E-state index in [0.29, 0.717) is 23.8 Å². The standard InChI is InChI=1S/C15H14N4OS/c16-14(20)11-3-4-12-9-19(15(21)18-13(12)6-11)8-10-2-1-5-17-7-10/h1-7H,8-9H2,(H2,16,20)(H,18,21). The number of carbonyl (C=O) groups is 1. The van der Waals surface area contributed by atoms with Crippen molar-refractivity contribution in [3.63, 3.8) is 0 Å². The minimum Gasteiger partial charge on any atom is -0.366 e. The van der Waals surface area contributed by atoms with Gasteiger partial charge < -0.3 is 16.0 Å². The number of nitrogens with zero attached hydrogens (tertiary/aromatic N) is 2. The molecular weight excluding hydrogens is 284 g/mol. The number of benzene rings is 1. The molecule has 1 amide bonds. The second-order valence-corrected chi connectivity index (χ2v) is 5.27. The van der Waals surface area contributed by atoms with E-state index < -0.39 is 5.91 Å². The third kappa shape index (κ3) is 2.85. The predicted molar refractivity (Wildman–Crippen MR) is 84.7 cm³/mol. The van der Waals surface area contributed by atoms with Crippen LogP contribution in [-0.2, 0) is 13.1 Å². The van der Waals surface area contributed by atoms with Crippen molar-refractivity contribution in [2.24, 2.45) is 5.73 Å². The highest BCUT2D eigenvalue weighted by Crippen LogP contribution is 2.25. The van der Waals surface area contributed by atoms with Crippen molar-refractivity contribution in [1.82, 2.24) is 9.88 Å². The van der Waals surface area contributed by atoms with Crippen LogP contribution in [0.3, 0.4) is 0 Å². The van der Waals surface area contributed by atoms with E-state index in [-0.39, 0.29) is 0 Å². The lowest BCUT2D eigenvalue weighted by atomic mass is 10.1. The number of hydrogen-bond acceptors (Lipinski definition) is 3. The van der Waals surface area contributed by atoms with Gasteiger partial charge in [-0.1, -0.05) is 12.1 Å². The number of rotatable bonds is 3. The quantitative estimate of drug-likeness (QED) is 0.847. The molecule has 0 atom stereocenters. The smallest absolute Gasteiger partial charge is 0.248 e.